The number of furan rings is 1. The molecule has 2 aromatic rings. The lowest BCUT2D eigenvalue weighted by atomic mass is 9.98. The topological polar surface area (TPSA) is 107 Å². The van der Waals surface area contributed by atoms with Crippen molar-refractivity contribution in [3.63, 3.8) is 0 Å². The molecular formula is C23H23ClN2O7S. The van der Waals surface area contributed by atoms with Gasteiger partial charge in [-0.2, -0.15) is 0 Å². The molecule has 9 nitrogen and oxygen atoms in total. The molecule has 0 bridgehead atoms. The molecule has 1 N–H and O–H groups in total. The maximum Gasteiger partial charge on any atom is 0.355 e. The van der Waals surface area contributed by atoms with Crippen molar-refractivity contribution < 1.29 is 33.0 Å². The molecule has 11 heteroatoms. The van der Waals surface area contributed by atoms with Crippen LogP contribution >= 0.6 is 23.4 Å². The van der Waals surface area contributed by atoms with E-state index in [0.717, 1.165) is 5.56 Å². The summed E-state index contributed by atoms with van der Waals surface area (Å²) in [4.78, 5) is 40.1. The highest BCUT2D eigenvalue weighted by atomic mass is 35.5. The molecule has 1 unspecified atom stereocenters. The lowest BCUT2D eigenvalue weighted by Gasteiger charge is -2.55. The van der Waals surface area contributed by atoms with Gasteiger partial charge in [0.1, 0.15) is 29.2 Å². The number of methoxy groups -OCH3 is 2. The van der Waals surface area contributed by atoms with E-state index in [-0.39, 0.29) is 24.6 Å². The molecule has 0 saturated carbocycles. The van der Waals surface area contributed by atoms with E-state index in [9.17, 15) is 14.4 Å². The van der Waals surface area contributed by atoms with Crippen LogP contribution in [-0.4, -0.2) is 59.6 Å². The van der Waals surface area contributed by atoms with E-state index < -0.39 is 28.9 Å². The predicted molar refractivity (Wildman–Crippen MR) is 124 cm³/mol. The van der Waals surface area contributed by atoms with Gasteiger partial charge in [0.25, 0.3) is 11.6 Å². The first-order valence-corrected chi connectivity index (χ1v) is 11.9. The summed E-state index contributed by atoms with van der Waals surface area (Å²) in [5.41, 5.74) is -0.184. The predicted octanol–water partition coefficient (Wildman–Crippen LogP) is 2.44. The smallest absolute Gasteiger partial charge is 0.355 e. The summed E-state index contributed by atoms with van der Waals surface area (Å²) in [5.74, 6) is -0.107. The highest BCUT2D eigenvalue weighted by Crippen LogP contribution is 2.47. The number of rotatable bonds is 9. The van der Waals surface area contributed by atoms with Gasteiger partial charge < -0.3 is 23.9 Å². The van der Waals surface area contributed by atoms with E-state index in [2.05, 4.69) is 5.32 Å². The van der Waals surface area contributed by atoms with Gasteiger partial charge in [-0.05, 0) is 35.4 Å². The zero-order valence-electron chi connectivity index (χ0n) is 18.5. The number of alkyl halides is 1. The molecule has 0 aliphatic carbocycles. The van der Waals surface area contributed by atoms with Crippen LogP contribution in [0.25, 0.3) is 0 Å². The number of carbonyl (C=O) groups is 3. The van der Waals surface area contributed by atoms with Crippen LogP contribution < -0.4 is 10.1 Å². The van der Waals surface area contributed by atoms with Crippen LogP contribution in [0.1, 0.15) is 11.3 Å². The molecule has 2 atom stereocenters. The number of fused-ring (bicyclic) bond motifs is 1. The summed E-state index contributed by atoms with van der Waals surface area (Å²) in [6.45, 7) is 0.0109. The Labute approximate surface area is 205 Å². The van der Waals surface area contributed by atoms with E-state index in [0.29, 0.717) is 22.8 Å². The lowest BCUT2D eigenvalue weighted by Crippen LogP contribution is -2.80. The normalized spacial score (nSPS) is 21.6. The molecule has 2 aliphatic heterocycles. The van der Waals surface area contributed by atoms with Crippen LogP contribution in [0.15, 0.2) is 58.3 Å². The third-order valence-corrected chi connectivity index (χ3v) is 7.25. The molecular weight excluding hydrogens is 484 g/mol. The average molecular weight is 507 g/mol. The lowest BCUT2D eigenvalue weighted by molar-refractivity contribution is -0.193. The summed E-state index contributed by atoms with van der Waals surface area (Å²) in [6, 6.07) is 10.4. The zero-order chi connectivity index (χ0) is 24.3. The molecule has 4 rings (SSSR count). The summed E-state index contributed by atoms with van der Waals surface area (Å²) in [6.07, 6.45) is 1.41. The van der Waals surface area contributed by atoms with Crippen molar-refractivity contribution in [1.29, 1.82) is 0 Å². The number of amides is 2. The number of esters is 1. The first kappa shape index (κ1) is 24.2. The summed E-state index contributed by atoms with van der Waals surface area (Å²) >= 11 is 7.43. The van der Waals surface area contributed by atoms with E-state index in [1.807, 2.05) is 0 Å². The van der Waals surface area contributed by atoms with Gasteiger partial charge in [-0.25, -0.2) is 4.79 Å². The third kappa shape index (κ3) is 4.40. The molecule has 2 amide bonds. The Morgan fingerprint density at radius 2 is 2.03 bits per heavy atom. The van der Waals surface area contributed by atoms with E-state index in [1.165, 1.54) is 30.0 Å². The fourth-order valence-corrected chi connectivity index (χ4v) is 5.57. The maximum atomic E-state index is 13.3. The van der Waals surface area contributed by atoms with Crippen molar-refractivity contribution in [1.82, 2.24) is 10.2 Å². The van der Waals surface area contributed by atoms with Crippen molar-refractivity contribution in [3.05, 3.63) is 65.3 Å². The monoisotopic (exact) mass is 506 g/mol. The van der Waals surface area contributed by atoms with Gasteiger partial charge in [-0.15, -0.1) is 23.4 Å². The van der Waals surface area contributed by atoms with Crippen LogP contribution in [0.4, 0.5) is 0 Å². The Morgan fingerprint density at radius 1 is 1.26 bits per heavy atom. The van der Waals surface area contributed by atoms with Crippen LogP contribution in [-0.2, 0) is 36.9 Å². The van der Waals surface area contributed by atoms with Gasteiger partial charge in [0.15, 0.2) is 0 Å². The van der Waals surface area contributed by atoms with Crippen LogP contribution in [0, 0.1) is 0 Å². The minimum absolute atomic E-state index is 0.0109. The first-order chi connectivity index (χ1) is 16.4. The highest BCUT2D eigenvalue weighted by molar-refractivity contribution is 8.00. The summed E-state index contributed by atoms with van der Waals surface area (Å²) in [5, 5.41) is 2.02. The van der Waals surface area contributed by atoms with Crippen molar-refractivity contribution in [2.75, 3.05) is 25.9 Å². The fraction of sp³-hybridized carbons (Fsp3) is 0.348. The van der Waals surface area contributed by atoms with E-state index >= 15 is 0 Å². The molecule has 0 spiro atoms. The van der Waals surface area contributed by atoms with Gasteiger partial charge in [0.05, 0.1) is 19.8 Å². The van der Waals surface area contributed by atoms with Gasteiger partial charge in [-0.3, -0.25) is 14.5 Å². The van der Waals surface area contributed by atoms with Crippen molar-refractivity contribution in [2.45, 2.75) is 24.1 Å². The molecule has 180 valence electrons. The van der Waals surface area contributed by atoms with Gasteiger partial charge in [0, 0.05) is 18.7 Å². The van der Waals surface area contributed by atoms with Gasteiger partial charge in [0.2, 0.25) is 5.91 Å². The number of ether oxygens (including phenoxy) is 3. The zero-order valence-corrected chi connectivity index (χ0v) is 20.1. The second-order valence-corrected chi connectivity index (χ2v) is 8.93. The van der Waals surface area contributed by atoms with E-state index in [4.69, 9.17) is 30.2 Å². The second-order valence-electron chi connectivity index (χ2n) is 7.59. The number of hydrogen-bond donors (Lipinski definition) is 1. The Kier molecular flexibility index (Phi) is 7.20. The Hall–Kier alpha value is -2.95. The number of β-lactam (4-membered cyclic amide) rings is 1. The van der Waals surface area contributed by atoms with Crippen LogP contribution in [0.5, 0.6) is 5.75 Å². The average Bonchev–Trinajstić information content (AvgIpc) is 3.37. The number of halogens is 1. The Bertz CT molecular complexity index is 1100. The standard InChI is InChI=1S/C23H23ClN2O7S/c1-30-16-7-5-14(6-8-16)12-33-20(28)19-15(11-24)13-34-22-23(31-2,21(29)26(19)22)25-18(27)10-17-4-3-9-32-17/h3-9,22H,10-13H2,1-2H3,(H,25,27)/t22-,23?/m0/s1. The number of nitrogens with zero attached hydrogens (tertiary/aromatic N) is 1. The summed E-state index contributed by atoms with van der Waals surface area (Å²) < 4.78 is 21.3. The van der Waals surface area contributed by atoms with Gasteiger partial charge >= 0.3 is 5.97 Å². The highest BCUT2D eigenvalue weighted by Gasteiger charge is 2.66. The van der Waals surface area contributed by atoms with Crippen molar-refractivity contribution >= 4 is 41.1 Å². The minimum Gasteiger partial charge on any atom is -0.497 e. The first-order valence-electron chi connectivity index (χ1n) is 10.3. The Balaban J connectivity index is 1.49. The SMILES string of the molecule is COc1ccc(COC(=O)C2=C(CCl)CS[C@@H]3N2C(=O)C3(NC(=O)Cc2ccco2)OC)cc1. The Morgan fingerprint density at radius 3 is 2.65 bits per heavy atom. The fourth-order valence-electron chi connectivity index (χ4n) is 3.80. The molecule has 1 aromatic heterocycles. The number of carbonyl (C=O) groups excluding carboxylic acids is 3. The van der Waals surface area contributed by atoms with Crippen molar-refractivity contribution in [3.8, 4) is 5.75 Å². The number of nitrogens with one attached hydrogen (secondary N) is 1. The molecule has 1 fully saturated rings. The summed E-state index contributed by atoms with van der Waals surface area (Å²) in [7, 11) is 2.90. The maximum absolute atomic E-state index is 13.3. The molecule has 3 heterocycles. The van der Waals surface area contributed by atoms with Crippen molar-refractivity contribution in [2.24, 2.45) is 0 Å². The molecule has 1 saturated heterocycles. The number of thioether (sulfide) groups is 1. The van der Waals surface area contributed by atoms with E-state index in [1.54, 1.807) is 43.5 Å². The van der Waals surface area contributed by atoms with Crippen LogP contribution in [0.3, 0.4) is 0 Å². The quantitative estimate of drug-likeness (QED) is 0.239. The third-order valence-electron chi connectivity index (χ3n) is 5.56. The molecule has 34 heavy (non-hydrogen) atoms. The number of benzene rings is 1. The largest absolute Gasteiger partial charge is 0.497 e. The van der Waals surface area contributed by atoms with Crippen LogP contribution in [0.2, 0.25) is 0 Å². The van der Waals surface area contributed by atoms with Gasteiger partial charge in [-0.1, -0.05) is 12.1 Å². The minimum atomic E-state index is -1.60. The second kappa shape index (κ2) is 10.1. The molecule has 0 radical (unpaired) electrons. The molecule has 1 aromatic carbocycles. The molecule has 2 aliphatic rings. The number of hydrogen-bond acceptors (Lipinski definition) is 8.